The number of aromatic nitrogens is 2. The maximum atomic E-state index is 12.0. The molecule has 24 heavy (non-hydrogen) atoms. The zero-order chi connectivity index (χ0) is 17.2. The molecule has 0 atom stereocenters. The van der Waals surface area contributed by atoms with E-state index in [-0.39, 0.29) is 0 Å². The van der Waals surface area contributed by atoms with Crippen molar-refractivity contribution in [2.75, 3.05) is 18.8 Å². The highest BCUT2D eigenvalue weighted by Crippen LogP contribution is 2.24. The molecule has 0 bridgehead atoms. The molecule has 0 unspecified atom stereocenters. The summed E-state index contributed by atoms with van der Waals surface area (Å²) in [6.45, 7) is 0. The summed E-state index contributed by atoms with van der Waals surface area (Å²) in [5.41, 5.74) is 1.24. The van der Waals surface area contributed by atoms with Gasteiger partial charge in [-0.1, -0.05) is 29.4 Å². The number of benzene rings is 1. The minimum Gasteiger partial charge on any atom is -0.339 e. The van der Waals surface area contributed by atoms with Crippen molar-refractivity contribution in [1.82, 2.24) is 14.4 Å². The molecule has 3 aromatic rings. The summed E-state index contributed by atoms with van der Waals surface area (Å²) < 4.78 is 33.0. The average Bonchev–Trinajstić information content (AvgIpc) is 3.19. The molecule has 0 saturated heterocycles. The molecule has 1 aromatic carbocycles. The van der Waals surface area contributed by atoms with Gasteiger partial charge in [0.25, 0.3) is 0 Å². The molecule has 9 heteroatoms. The van der Waals surface area contributed by atoms with Gasteiger partial charge in [-0.25, -0.2) is 0 Å². The van der Waals surface area contributed by atoms with E-state index in [4.69, 9.17) is 4.52 Å². The van der Waals surface area contributed by atoms with Crippen LogP contribution >= 0.6 is 11.3 Å². The van der Waals surface area contributed by atoms with E-state index in [1.54, 1.807) is 12.1 Å². The van der Waals surface area contributed by atoms with E-state index in [2.05, 4.69) is 14.9 Å². The quantitative estimate of drug-likeness (QED) is 0.726. The molecule has 2 heterocycles. The van der Waals surface area contributed by atoms with E-state index < -0.39 is 10.2 Å². The van der Waals surface area contributed by atoms with Crippen molar-refractivity contribution in [3.8, 4) is 10.7 Å². The fraction of sp³-hybridized carbons (Fsp3) is 0.200. The van der Waals surface area contributed by atoms with Crippen molar-refractivity contribution < 1.29 is 12.9 Å². The maximum absolute atomic E-state index is 12.0. The van der Waals surface area contributed by atoms with Gasteiger partial charge in [-0.2, -0.15) is 17.7 Å². The van der Waals surface area contributed by atoms with Gasteiger partial charge in [0.15, 0.2) is 0 Å². The van der Waals surface area contributed by atoms with E-state index in [1.807, 2.05) is 29.6 Å². The van der Waals surface area contributed by atoms with Crippen LogP contribution in [0.4, 0.5) is 5.69 Å². The molecule has 7 nitrogen and oxygen atoms in total. The van der Waals surface area contributed by atoms with Crippen LogP contribution in [0, 0.1) is 0 Å². The summed E-state index contributed by atoms with van der Waals surface area (Å²) >= 11 is 1.53. The SMILES string of the molecule is CN(C)S(=O)(=O)Nc1ccccc1Cc1nc(-c2cccs2)no1. The minimum absolute atomic E-state index is 0.338. The fourth-order valence-corrected chi connectivity index (χ4v) is 3.31. The number of rotatable bonds is 6. The lowest BCUT2D eigenvalue weighted by molar-refractivity contribution is 0.386. The Labute approximate surface area is 144 Å². The van der Waals surface area contributed by atoms with Crippen LogP contribution in [0.15, 0.2) is 46.3 Å². The molecule has 0 saturated carbocycles. The van der Waals surface area contributed by atoms with E-state index in [0.29, 0.717) is 23.8 Å². The second kappa shape index (κ2) is 6.71. The van der Waals surface area contributed by atoms with Gasteiger partial charge in [-0.3, -0.25) is 4.72 Å². The zero-order valence-corrected chi connectivity index (χ0v) is 14.8. The molecular formula is C15H16N4O3S2. The van der Waals surface area contributed by atoms with Gasteiger partial charge in [-0.15, -0.1) is 11.3 Å². The summed E-state index contributed by atoms with van der Waals surface area (Å²) in [6, 6.07) is 11.0. The van der Waals surface area contributed by atoms with Crippen LogP contribution < -0.4 is 4.72 Å². The van der Waals surface area contributed by atoms with Crippen molar-refractivity contribution in [2.24, 2.45) is 0 Å². The second-order valence-electron chi connectivity index (χ2n) is 5.21. The molecule has 0 spiro atoms. The van der Waals surface area contributed by atoms with Crippen molar-refractivity contribution in [3.63, 3.8) is 0 Å². The zero-order valence-electron chi connectivity index (χ0n) is 13.1. The summed E-state index contributed by atoms with van der Waals surface area (Å²) in [4.78, 5) is 5.29. The third-order valence-electron chi connectivity index (χ3n) is 3.29. The lowest BCUT2D eigenvalue weighted by Gasteiger charge is -2.15. The molecular weight excluding hydrogens is 348 g/mol. The van der Waals surface area contributed by atoms with Crippen molar-refractivity contribution in [1.29, 1.82) is 0 Å². The first kappa shape index (κ1) is 16.6. The summed E-state index contributed by atoms with van der Waals surface area (Å²) in [6.07, 6.45) is 0.338. The van der Waals surface area contributed by atoms with Gasteiger partial charge >= 0.3 is 10.2 Å². The number of hydrogen-bond acceptors (Lipinski definition) is 6. The predicted molar refractivity (Wildman–Crippen MR) is 93.1 cm³/mol. The van der Waals surface area contributed by atoms with E-state index in [9.17, 15) is 8.42 Å². The lowest BCUT2D eigenvalue weighted by Crippen LogP contribution is -2.29. The third kappa shape index (κ3) is 3.64. The fourth-order valence-electron chi connectivity index (χ4n) is 2.00. The number of nitrogens with zero attached hydrogens (tertiary/aromatic N) is 3. The van der Waals surface area contributed by atoms with Gasteiger partial charge in [0.2, 0.25) is 11.7 Å². The number of thiophene rings is 1. The Balaban J connectivity index is 1.84. The Hall–Kier alpha value is -2.23. The maximum Gasteiger partial charge on any atom is 0.301 e. The smallest absolute Gasteiger partial charge is 0.301 e. The largest absolute Gasteiger partial charge is 0.339 e. The van der Waals surface area contributed by atoms with Gasteiger partial charge in [-0.05, 0) is 23.1 Å². The third-order valence-corrected chi connectivity index (χ3v) is 5.59. The van der Waals surface area contributed by atoms with Gasteiger partial charge in [0.05, 0.1) is 17.0 Å². The molecule has 1 N–H and O–H groups in total. The predicted octanol–water partition coefficient (Wildman–Crippen LogP) is 2.61. The summed E-state index contributed by atoms with van der Waals surface area (Å²) in [7, 11) is -0.641. The topological polar surface area (TPSA) is 88.3 Å². The highest BCUT2D eigenvalue weighted by atomic mass is 32.2. The number of anilines is 1. The Morgan fingerprint density at radius 1 is 1.21 bits per heavy atom. The molecule has 0 aliphatic heterocycles. The number of hydrogen-bond donors (Lipinski definition) is 1. The highest BCUT2D eigenvalue weighted by Gasteiger charge is 2.17. The molecule has 0 radical (unpaired) electrons. The van der Waals surface area contributed by atoms with Crippen LogP contribution in [0.1, 0.15) is 11.5 Å². The monoisotopic (exact) mass is 364 g/mol. The van der Waals surface area contributed by atoms with E-state index in [1.165, 1.54) is 25.4 Å². The Morgan fingerprint density at radius 3 is 2.71 bits per heavy atom. The van der Waals surface area contributed by atoms with E-state index in [0.717, 1.165) is 14.7 Å². The van der Waals surface area contributed by atoms with Crippen LogP contribution in [0.25, 0.3) is 10.7 Å². The average molecular weight is 364 g/mol. The van der Waals surface area contributed by atoms with Crippen LogP contribution in [-0.4, -0.2) is 37.0 Å². The highest BCUT2D eigenvalue weighted by molar-refractivity contribution is 7.90. The van der Waals surface area contributed by atoms with Crippen molar-refractivity contribution in [3.05, 3.63) is 53.2 Å². The Morgan fingerprint density at radius 2 is 2.00 bits per heavy atom. The minimum atomic E-state index is -3.58. The molecule has 2 aromatic heterocycles. The standard InChI is InChI=1S/C15H16N4O3S2/c1-19(2)24(20,21)18-12-7-4-3-6-11(12)10-14-16-15(17-22-14)13-8-5-9-23-13/h3-9,18H,10H2,1-2H3. The normalized spacial score (nSPS) is 11.8. The lowest BCUT2D eigenvalue weighted by atomic mass is 10.1. The van der Waals surface area contributed by atoms with Crippen LogP contribution in [0.3, 0.4) is 0 Å². The van der Waals surface area contributed by atoms with Crippen LogP contribution in [0.5, 0.6) is 0 Å². The van der Waals surface area contributed by atoms with Crippen LogP contribution in [0.2, 0.25) is 0 Å². The Bertz CT molecular complexity index is 918. The Kier molecular flexibility index (Phi) is 4.65. The first-order chi connectivity index (χ1) is 11.5. The summed E-state index contributed by atoms with van der Waals surface area (Å²) in [5, 5.41) is 5.91. The number of nitrogens with one attached hydrogen (secondary N) is 1. The first-order valence-corrected chi connectivity index (χ1v) is 9.42. The van der Waals surface area contributed by atoms with Crippen molar-refractivity contribution in [2.45, 2.75) is 6.42 Å². The molecule has 0 aliphatic rings. The molecule has 0 aliphatic carbocycles. The first-order valence-electron chi connectivity index (χ1n) is 7.10. The number of para-hydroxylation sites is 1. The van der Waals surface area contributed by atoms with Crippen LogP contribution in [-0.2, 0) is 16.6 Å². The molecule has 126 valence electrons. The molecule has 3 rings (SSSR count). The second-order valence-corrected chi connectivity index (χ2v) is 8.04. The van der Waals surface area contributed by atoms with Gasteiger partial charge in [0, 0.05) is 14.1 Å². The van der Waals surface area contributed by atoms with Gasteiger partial charge < -0.3 is 4.52 Å². The molecule has 0 amide bonds. The van der Waals surface area contributed by atoms with E-state index >= 15 is 0 Å². The summed E-state index contributed by atoms with van der Waals surface area (Å²) in [5.74, 6) is 0.959. The van der Waals surface area contributed by atoms with Crippen molar-refractivity contribution >= 4 is 27.2 Å². The van der Waals surface area contributed by atoms with Gasteiger partial charge in [0.1, 0.15) is 0 Å². The molecule has 0 fully saturated rings.